The molecule has 0 saturated heterocycles. The molecule has 1 unspecified atom stereocenters. The number of ether oxygens (including phenoxy) is 1. The van der Waals surface area contributed by atoms with Gasteiger partial charge >= 0.3 is 5.97 Å². The van der Waals surface area contributed by atoms with Gasteiger partial charge in [0.15, 0.2) is 0 Å². The summed E-state index contributed by atoms with van der Waals surface area (Å²) >= 11 is 0. The van der Waals surface area contributed by atoms with Crippen LogP contribution in [0.1, 0.15) is 25.3 Å². The van der Waals surface area contributed by atoms with Crippen LogP contribution in [0, 0.1) is 11.8 Å². The van der Waals surface area contributed by atoms with Crippen molar-refractivity contribution in [3.05, 3.63) is 35.9 Å². The molecule has 1 amide bonds. The van der Waals surface area contributed by atoms with Gasteiger partial charge in [0.1, 0.15) is 0 Å². The van der Waals surface area contributed by atoms with Crippen LogP contribution in [0.5, 0.6) is 0 Å². The predicted octanol–water partition coefficient (Wildman–Crippen LogP) is 2.28. The Labute approximate surface area is 126 Å². The van der Waals surface area contributed by atoms with Gasteiger partial charge in [-0.25, -0.2) is 0 Å². The molecule has 0 bridgehead atoms. The molecule has 1 saturated carbocycles. The first-order valence-electron chi connectivity index (χ1n) is 7.52. The summed E-state index contributed by atoms with van der Waals surface area (Å²) < 4.78 is 4.75. The lowest BCUT2D eigenvalue weighted by atomic mass is 10.1. The first kappa shape index (κ1) is 15.5. The summed E-state index contributed by atoms with van der Waals surface area (Å²) in [4.78, 5) is 25.7. The maximum absolute atomic E-state index is 12.3. The van der Waals surface area contributed by atoms with Gasteiger partial charge in [-0.1, -0.05) is 37.3 Å². The summed E-state index contributed by atoms with van der Waals surface area (Å²) in [6.45, 7) is 2.90. The Kier molecular flexibility index (Phi) is 5.37. The maximum Gasteiger partial charge on any atom is 0.310 e. The molecule has 1 aromatic carbocycles. The Morgan fingerprint density at radius 3 is 2.52 bits per heavy atom. The second kappa shape index (κ2) is 7.25. The van der Waals surface area contributed by atoms with Crippen molar-refractivity contribution in [3.63, 3.8) is 0 Å². The van der Waals surface area contributed by atoms with Gasteiger partial charge in [-0.15, -0.1) is 0 Å². The SMILES string of the molecule is COC(=O)C(C)CN(CCc1ccccc1)C(=O)C1CC1. The lowest BCUT2D eigenvalue weighted by molar-refractivity contribution is -0.146. The molecule has 0 spiro atoms. The van der Waals surface area contributed by atoms with E-state index in [0.29, 0.717) is 13.1 Å². The van der Waals surface area contributed by atoms with Gasteiger partial charge in [-0.3, -0.25) is 9.59 Å². The van der Waals surface area contributed by atoms with Crippen molar-refractivity contribution in [1.82, 2.24) is 4.90 Å². The highest BCUT2D eigenvalue weighted by molar-refractivity contribution is 5.82. The largest absolute Gasteiger partial charge is 0.469 e. The number of hydrogen-bond donors (Lipinski definition) is 0. The molecule has 1 atom stereocenters. The van der Waals surface area contributed by atoms with E-state index in [2.05, 4.69) is 12.1 Å². The molecule has 1 fully saturated rings. The van der Waals surface area contributed by atoms with Crippen LogP contribution < -0.4 is 0 Å². The van der Waals surface area contributed by atoms with Crippen LogP contribution in [0.2, 0.25) is 0 Å². The fourth-order valence-electron chi connectivity index (χ4n) is 2.39. The number of carbonyl (C=O) groups is 2. The van der Waals surface area contributed by atoms with Gasteiger partial charge in [0.25, 0.3) is 0 Å². The van der Waals surface area contributed by atoms with Gasteiger partial charge in [0.05, 0.1) is 13.0 Å². The van der Waals surface area contributed by atoms with E-state index in [1.165, 1.54) is 12.7 Å². The van der Waals surface area contributed by atoms with Crippen molar-refractivity contribution in [3.8, 4) is 0 Å². The van der Waals surface area contributed by atoms with E-state index in [0.717, 1.165) is 19.3 Å². The number of benzene rings is 1. The van der Waals surface area contributed by atoms with Crippen LogP contribution >= 0.6 is 0 Å². The monoisotopic (exact) mass is 289 g/mol. The topological polar surface area (TPSA) is 46.6 Å². The zero-order valence-corrected chi connectivity index (χ0v) is 12.7. The third-order valence-electron chi connectivity index (χ3n) is 3.85. The van der Waals surface area contributed by atoms with E-state index in [1.54, 1.807) is 0 Å². The molecule has 0 aromatic heterocycles. The first-order chi connectivity index (χ1) is 10.1. The van der Waals surface area contributed by atoms with Crippen molar-refractivity contribution in [2.75, 3.05) is 20.2 Å². The molecule has 2 rings (SSSR count). The van der Waals surface area contributed by atoms with E-state index in [4.69, 9.17) is 4.74 Å². The van der Waals surface area contributed by atoms with Crippen molar-refractivity contribution < 1.29 is 14.3 Å². The fraction of sp³-hybridized carbons (Fsp3) is 0.529. The van der Waals surface area contributed by atoms with Crippen molar-refractivity contribution in [1.29, 1.82) is 0 Å². The summed E-state index contributed by atoms with van der Waals surface area (Å²) in [5.74, 6) is -0.191. The molecule has 1 aliphatic carbocycles. The molecule has 1 aliphatic rings. The number of carbonyl (C=O) groups excluding carboxylic acids is 2. The Balaban J connectivity index is 1.95. The molecule has 0 aliphatic heterocycles. The van der Waals surface area contributed by atoms with Crippen LogP contribution in [-0.2, 0) is 20.7 Å². The Hall–Kier alpha value is -1.84. The highest BCUT2D eigenvalue weighted by Crippen LogP contribution is 2.31. The van der Waals surface area contributed by atoms with Crippen molar-refractivity contribution >= 4 is 11.9 Å². The summed E-state index contributed by atoms with van der Waals surface area (Å²) in [6, 6.07) is 10.1. The minimum absolute atomic E-state index is 0.172. The average molecular weight is 289 g/mol. The maximum atomic E-state index is 12.3. The molecule has 114 valence electrons. The number of methoxy groups -OCH3 is 1. The quantitative estimate of drug-likeness (QED) is 0.723. The molecular weight excluding hydrogens is 266 g/mol. The summed E-state index contributed by atoms with van der Waals surface area (Å²) in [5.41, 5.74) is 1.21. The predicted molar refractivity (Wildman–Crippen MR) is 80.6 cm³/mol. The molecule has 21 heavy (non-hydrogen) atoms. The fourth-order valence-corrected chi connectivity index (χ4v) is 2.39. The van der Waals surface area contributed by atoms with E-state index >= 15 is 0 Å². The third kappa shape index (κ3) is 4.59. The molecule has 4 nitrogen and oxygen atoms in total. The van der Waals surface area contributed by atoms with Crippen LogP contribution in [0.15, 0.2) is 30.3 Å². The van der Waals surface area contributed by atoms with E-state index in [1.807, 2.05) is 30.0 Å². The second-order valence-electron chi connectivity index (χ2n) is 5.72. The third-order valence-corrected chi connectivity index (χ3v) is 3.85. The van der Waals surface area contributed by atoms with Gasteiger partial charge < -0.3 is 9.64 Å². The zero-order valence-electron chi connectivity index (χ0n) is 12.7. The molecular formula is C17H23NO3. The lowest BCUT2D eigenvalue weighted by Gasteiger charge is -2.25. The smallest absolute Gasteiger partial charge is 0.310 e. The molecule has 0 N–H and O–H groups in total. The van der Waals surface area contributed by atoms with E-state index in [9.17, 15) is 9.59 Å². The van der Waals surface area contributed by atoms with Crippen LogP contribution in [0.25, 0.3) is 0 Å². The number of nitrogens with zero attached hydrogens (tertiary/aromatic N) is 1. The zero-order chi connectivity index (χ0) is 15.2. The Morgan fingerprint density at radius 1 is 1.29 bits per heavy atom. The Morgan fingerprint density at radius 2 is 1.95 bits per heavy atom. The number of esters is 1. The molecule has 0 radical (unpaired) electrons. The van der Waals surface area contributed by atoms with Gasteiger partial charge in [0, 0.05) is 19.0 Å². The van der Waals surface area contributed by atoms with Gasteiger partial charge in [0.2, 0.25) is 5.91 Å². The highest BCUT2D eigenvalue weighted by atomic mass is 16.5. The minimum atomic E-state index is -0.284. The second-order valence-corrected chi connectivity index (χ2v) is 5.72. The summed E-state index contributed by atoms with van der Waals surface area (Å²) in [6.07, 6.45) is 2.77. The van der Waals surface area contributed by atoms with Crippen LogP contribution in [-0.4, -0.2) is 37.0 Å². The lowest BCUT2D eigenvalue weighted by Crippen LogP contribution is -2.39. The van der Waals surface area contributed by atoms with Crippen LogP contribution in [0.4, 0.5) is 0 Å². The summed E-state index contributed by atoms with van der Waals surface area (Å²) in [7, 11) is 1.38. The first-order valence-corrected chi connectivity index (χ1v) is 7.52. The minimum Gasteiger partial charge on any atom is -0.469 e. The molecule has 0 heterocycles. The molecule has 4 heteroatoms. The van der Waals surface area contributed by atoms with Gasteiger partial charge in [-0.2, -0.15) is 0 Å². The number of amides is 1. The van der Waals surface area contributed by atoms with Crippen molar-refractivity contribution in [2.24, 2.45) is 11.8 Å². The average Bonchev–Trinajstić information content (AvgIpc) is 3.35. The number of rotatable bonds is 7. The number of hydrogen-bond acceptors (Lipinski definition) is 3. The normalized spacial score (nSPS) is 15.3. The summed E-state index contributed by atoms with van der Waals surface area (Å²) in [5, 5.41) is 0. The standard InChI is InChI=1S/C17H23NO3/c1-13(17(20)21-2)12-18(16(19)15-8-9-15)11-10-14-6-4-3-5-7-14/h3-7,13,15H,8-12H2,1-2H3. The van der Waals surface area contributed by atoms with Gasteiger partial charge in [-0.05, 0) is 24.8 Å². The van der Waals surface area contributed by atoms with Crippen LogP contribution in [0.3, 0.4) is 0 Å². The van der Waals surface area contributed by atoms with E-state index < -0.39 is 0 Å². The van der Waals surface area contributed by atoms with E-state index in [-0.39, 0.29) is 23.7 Å². The van der Waals surface area contributed by atoms with Crippen molar-refractivity contribution in [2.45, 2.75) is 26.2 Å². The molecule has 1 aromatic rings. The Bertz CT molecular complexity index is 482. The highest BCUT2D eigenvalue weighted by Gasteiger charge is 2.34.